The molecule has 0 bridgehead atoms. The summed E-state index contributed by atoms with van der Waals surface area (Å²) in [7, 11) is 0. The number of hydrogen-bond donors (Lipinski definition) is 0. The Morgan fingerprint density at radius 3 is 3.13 bits per heavy atom. The van der Waals surface area contributed by atoms with Gasteiger partial charge in [-0.25, -0.2) is 4.79 Å². The van der Waals surface area contributed by atoms with E-state index in [4.69, 9.17) is 9.47 Å². The Labute approximate surface area is 86.6 Å². The van der Waals surface area contributed by atoms with E-state index in [1.54, 1.807) is 24.5 Å². The second kappa shape index (κ2) is 2.98. The van der Waals surface area contributed by atoms with Crippen molar-refractivity contribution in [3.05, 3.63) is 47.7 Å². The molecule has 3 nitrogen and oxygen atoms in total. The highest BCUT2D eigenvalue weighted by atomic mass is 16.5. The van der Waals surface area contributed by atoms with E-state index in [-0.39, 0.29) is 5.97 Å². The topological polar surface area (TPSA) is 35.5 Å². The largest absolute Gasteiger partial charge is 0.464 e. The lowest BCUT2D eigenvalue weighted by Crippen LogP contribution is -2.17. The fourth-order valence-electron chi connectivity index (χ4n) is 1.82. The number of benzene rings is 1. The van der Waals surface area contributed by atoms with Crippen LogP contribution in [0, 0.1) is 0 Å². The lowest BCUT2D eigenvalue weighted by Gasteiger charge is -2.19. The predicted octanol–water partition coefficient (Wildman–Crippen LogP) is 2.15. The third kappa shape index (κ3) is 1.16. The molecule has 3 heteroatoms. The van der Waals surface area contributed by atoms with Crippen LogP contribution in [0.15, 0.2) is 36.6 Å². The number of hydrogen-bond acceptors (Lipinski definition) is 3. The molecule has 0 radical (unpaired) electrons. The summed E-state index contributed by atoms with van der Waals surface area (Å²) < 4.78 is 10.5. The van der Waals surface area contributed by atoms with E-state index in [9.17, 15) is 4.79 Å². The van der Waals surface area contributed by atoms with Crippen LogP contribution in [0.4, 0.5) is 0 Å². The van der Waals surface area contributed by atoms with Crippen LogP contribution in [0.25, 0.3) is 5.57 Å². The normalized spacial score (nSPS) is 17.1. The molecule has 1 aromatic carbocycles. The molecule has 0 atom stereocenters. The van der Waals surface area contributed by atoms with E-state index >= 15 is 0 Å². The molecule has 0 aromatic heterocycles. The molecule has 2 aliphatic heterocycles. The molecule has 74 valence electrons. The van der Waals surface area contributed by atoms with Crippen molar-refractivity contribution in [2.45, 2.75) is 0 Å². The zero-order valence-corrected chi connectivity index (χ0v) is 7.90. The van der Waals surface area contributed by atoms with Gasteiger partial charge in [0.1, 0.15) is 12.4 Å². The summed E-state index contributed by atoms with van der Waals surface area (Å²) >= 11 is 0. The van der Waals surface area contributed by atoms with Crippen LogP contribution in [0.3, 0.4) is 0 Å². The third-order valence-electron chi connectivity index (χ3n) is 2.50. The summed E-state index contributed by atoms with van der Waals surface area (Å²) in [6, 6.07) is 5.39. The monoisotopic (exact) mass is 200 g/mol. The molecule has 15 heavy (non-hydrogen) atoms. The zero-order chi connectivity index (χ0) is 10.3. The highest BCUT2D eigenvalue weighted by Crippen LogP contribution is 2.35. The summed E-state index contributed by atoms with van der Waals surface area (Å²) in [5.41, 5.74) is 2.42. The predicted molar refractivity (Wildman–Crippen MR) is 54.5 cm³/mol. The lowest BCUT2D eigenvalue weighted by atomic mass is 9.97. The molecule has 2 aliphatic rings. The maximum absolute atomic E-state index is 11.5. The molecular formula is C12H8O3. The molecule has 0 amide bonds. The first-order chi connectivity index (χ1) is 7.36. The number of carbonyl (C=O) groups excluding carboxylic acids is 1. The lowest BCUT2D eigenvalue weighted by molar-refractivity contribution is 0.0542. The fourth-order valence-corrected chi connectivity index (χ4v) is 1.82. The van der Waals surface area contributed by atoms with Crippen LogP contribution >= 0.6 is 0 Å². The van der Waals surface area contributed by atoms with Gasteiger partial charge in [-0.05, 0) is 18.2 Å². The molecule has 2 heterocycles. The number of rotatable bonds is 0. The molecule has 0 fully saturated rings. The number of carbonyl (C=O) groups is 1. The molecule has 0 saturated heterocycles. The van der Waals surface area contributed by atoms with Gasteiger partial charge in [0, 0.05) is 11.1 Å². The molecule has 0 unspecified atom stereocenters. The summed E-state index contributed by atoms with van der Waals surface area (Å²) in [6.45, 7) is 0.316. The van der Waals surface area contributed by atoms with Crippen LogP contribution < -0.4 is 4.74 Å². The smallest absolute Gasteiger partial charge is 0.339 e. The van der Waals surface area contributed by atoms with Crippen molar-refractivity contribution in [1.29, 1.82) is 0 Å². The van der Waals surface area contributed by atoms with Gasteiger partial charge in [-0.1, -0.05) is 12.1 Å². The van der Waals surface area contributed by atoms with Crippen LogP contribution in [-0.4, -0.2) is 12.6 Å². The van der Waals surface area contributed by atoms with Crippen molar-refractivity contribution in [2.75, 3.05) is 6.61 Å². The van der Waals surface area contributed by atoms with Gasteiger partial charge in [0.2, 0.25) is 0 Å². The van der Waals surface area contributed by atoms with Crippen molar-refractivity contribution < 1.29 is 14.3 Å². The van der Waals surface area contributed by atoms with Gasteiger partial charge in [0.05, 0.1) is 11.8 Å². The highest BCUT2D eigenvalue weighted by molar-refractivity contribution is 6.00. The summed E-state index contributed by atoms with van der Waals surface area (Å²) in [4.78, 5) is 11.5. The molecule has 0 N–H and O–H groups in total. The van der Waals surface area contributed by atoms with Gasteiger partial charge >= 0.3 is 5.97 Å². The van der Waals surface area contributed by atoms with Crippen molar-refractivity contribution in [3.63, 3.8) is 0 Å². The van der Waals surface area contributed by atoms with Gasteiger partial charge in [0.15, 0.2) is 0 Å². The standard InChI is InChI=1S/C12H8O3/c13-12-9-4-1-5-10-11(9)8(7-15-12)3-2-6-14-10/h1-6H,7H2. The van der Waals surface area contributed by atoms with E-state index < -0.39 is 0 Å². The van der Waals surface area contributed by atoms with Gasteiger partial charge in [-0.15, -0.1) is 0 Å². The molecular weight excluding hydrogens is 192 g/mol. The molecule has 0 spiro atoms. The minimum atomic E-state index is -0.283. The Bertz CT molecular complexity index is 498. The van der Waals surface area contributed by atoms with Crippen LogP contribution in [-0.2, 0) is 4.74 Å². The SMILES string of the molecule is O=C1OCC2=CC=COc3cccc1c32. The maximum Gasteiger partial charge on any atom is 0.339 e. The summed E-state index contributed by atoms with van der Waals surface area (Å²) in [6.07, 6.45) is 5.31. The van der Waals surface area contributed by atoms with Crippen molar-refractivity contribution in [3.8, 4) is 5.75 Å². The first-order valence-electron chi connectivity index (χ1n) is 4.69. The number of esters is 1. The van der Waals surface area contributed by atoms with Crippen LogP contribution in [0.1, 0.15) is 15.9 Å². The first kappa shape index (κ1) is 8.29. The minimum Gasteiger partial charge on any atom is -0.464 e. The quantitative estimate of drug-likeness (QED) is 0.602. The van der Waals surface area contributed by atoms with Crippen molar-refractivity contribution in [2.24, 2.45) is 0 Å². The summed E-state index contributed by atoms with van der Waals surface area (Å²) in [5.74, 6) is 0.429. The zero-order valence-electron chi connectivity index (χ0n) is 7.90. The Morgan fingerprint density at radius 2 is 2.20 bits per heavy atom. The Balaban J connectivity index is 2.32. The number of cyclic esters (lactones) is 1. The average Bonchev–Trinajstić information content (AvgIpc) is 2.47. The number of ether oxygens (including phenoxy) is 2. The van der Waals surface area contributed by atoms with Crippen molar-refractivity contribution in [1.82, 2.24) is 0 Å². The van der Waals surface area contributed by atoms with E-state index in [1.807, 2.05) is 12.1 Å². The van der Waals surface area contributed by atoms with Gasteiger partial charge < -0.3 is 9.47 Å². The van der Waals surface area contributed by atoms with Gasteiger partial charge in [0.25, 0.3) is 0 Å². The average molecular weight is 200 g/mol. The highest BCUT2D eigenvalue weighted by Gasteiger charge is 2.25. The fraction of sp³-hybridized carbons (Fsp3) is 0.0833. The van der Waals surface area contributed by atoms with Crippen LogP contribution in [0.5, 0.6) is 5.75 Å². The second-order valence-corrected chi connectivity index (χ2v) is 3.39. The molecule has 1 aromatic rings. The molecule has 0 aliphatic carbocycles. The third-order valence-corrected chi connectivity index (χ3v) is 2.50. The van der Waals surface area contributed by atoms with E-state index in [0.717, 1.165) is 11.1 Å². The van der Waals surface area contributed by atoms with Gasteiger partial charge in [-0.2, -0.15) is 0 Å². The van der Waals surface area contributed by atoms with E-state index in [1.165, 1.54) is 0 Å². The maximum atomic E-state index is 11.5. The number of allylic oxidation sites excluding steroid dienone is 2. The van der Waals surface area contributed by atoms with E-state index in [0.29, 0.717) is 17.9 Å². The Hall–Kier alpha value is -2.03. The van der Waals surface area contributed by atoms with Crippen LogP contribution in [0.2, 0.25) is 0 Å². The molecule has 0 saturated carbocycles. The van der Waals surface area contributed by atoms with E-state index in [2.05, 4.69) is 0 Å². The summed E-state index contributed by atoms with van der Waals surface area (Å²) in [5, 5.41) is 0. The van der Waals surface area contributed by atoms with Crippen molar-refractivity contribution >= 4 is 11.5 Å². The molecule has 3 rings (SSSR count). The Kier molecular flexibility index (Phi) is 1.65. The Morgan fingerprint density at radius 1 is 1.27 bits per heavy atom. The first-order valence-corrected chi connectivity index (χ1v) is 4.69. The second-order valence-electron chi connectivity index (χ2n) is 3.39. The minimum absolute atomic E-state index is 0.283. The van der Waals surface area contributed by atoms with Gasteiger partial charge in [-0.3, -0.25) is 0 Å².